The van der Waals surface area contributed by atoms with E-state index in [1.54, 1.807) is 12.1 Å². The third-order valence-corrected chi connectivity index (χ3v) is 5.10. The van der Waals surface area contributed by atoms with E-state index < -0.39 is 31.8 Å². The molecule has 0 saturated heterocycles. The number of nitrogens with zero attached hydrogens (tertiary/aromatic N) is 2. The smallest absolute Gasteiger partial charge is 0.497 e. The number of nitrogens with one attached hydrogen (secondary N) is 2. The van der Waals surface area contributed by atoms with Crippen LogP contribution in [0.1, 0.15) is 0 Å². The van der Waals surface area contributed by atoms with Gasteiger partial charge in [0.2, 0.25) is 0 Å². The van der Waals surface area contributed by atoms with Crippen LogP contribution in [0.2, 0.25) is 5.15 Å². The Morgan fingerprint density at radius 1 is 1.36 bits per heavy atom. The van der Waals surface area contributed by atoms with Crippen LogP contribution in [0.25, 0.3) is 10.9 Å². The quantitative estimate of drug-likeness (QED) is 0.710. The molecule has 2 N–H and O–H groups in total. The predicted molar refractivity (Wildman–Crippen MR) is 84.2 cm³/mol. The fraction of sp³-hybridized carbons (Fsp3) is 0.154. The number of benzene rings is 1. The minimum absolute atomic E-state index is 0.152. The number of H-pyrrole nitrogens is 1. The molecule has 3 aromatic rings. The van der Waals surface area contributed by atoms with Crippen molar-refractivity contribution in [1.29, 1.82) is 0 Å². The van der Waals surface area contributed by atoms with Crippen LogP contribution < -0.4 is 9.46 Å². The number of hydrogen-bond acceptors (Lipinski definition) is 4. The molecule has 0 atom stereocenters. The number of methoxy groups -OCH3 is 1. The van der Waals surface area contributed by atoms with Gasteiger partial charge in [-0.3, -0.25) is 4.72 Å². The highest BCUT2D eigenvalue weighted by atomic mass is 35.5. The minimum atomic E-state index is -4.86. The topological polar surface area (TPSA) is 89.0 Å². The predicted octanol–water partition coefficient (Wildman–Crippen LogP) is 3.30. The number of halogens is 4. The maximum Gasteiger partial charge on any atom is 0.505 e. The van der Waals surface area contributed by atoms with Crippen molar-refractivity contribution in [2.45, 2.75) is 11.2 Å². The zero-order valence-electron chi connectivity index (χ0n) is 12.4. The second kappa shape index (κ2) is 5.85. The van der Waals surface area contributed by atoms with Crippen LogP contribution >= 0.6 is 11.6 Å². The standard InChI is InChI=1S/C13H10ClF3N4O3S/c1-24-7-2-3-8-9(4-7)18-6-11(8)25(22,23)20-10-5-19-21(12(10)14)13(15,16)17/h2-6,18,20H,1H3. The van der Waals surface area contributed by atoms with Crippen molar-refractivity contribution < 1.29 is 26.3 Å². The number of anilines is 1. The van der Waals surface area contributed by atoms with Crippen LogP contribution in [0, 0.1) is 0 Å². The molecule has 0 radical (unpaired) electrons. The monoisotopic (exact) mass is 394 g/mol. The van der Waals surface area contributed by atoms with Gasteiger partial charge in [-0.2, -0.15) is 9.78 Å². The summed E-state index contributed by atoms with van der Waals surface area (Å²) in [6, 6.07) is 4.66. The van der Waals surface area contributed by atoms with Gasteiger partial charge in [-0.05, 0) is 12.1 Å². The van der Waals surface area contributed by atoms with Crippen molar-refractivity contribution in [3.05, 3.63) is 35.7 Å². The molecule has 2 aromatic heterocycles. The fourth-order valence-electron chi connectivity index (χ4n) is 2.21. The first kappa shape index (κ1) is 17.4. The number of ether oxygens (including phenoxy) is 1. The molecular weight excluding hydrogens is 385 g/mol. The summed E-state index contributed by atoms with van der Waals surface area (Å²) >= 11 is 5.56. The molecule has 0 amide bonds. The molecule has 0 saturated carbocycles. The number of alkyl halides is 3. The van der Waals surface area contributed by atoms with E-state index in [0.29, 0.717) is 22.8 Å². The number of rotatable bonds is 4. The Bertz CT molecular complexity index is 1040. The molecule has 25 heavy (non-hydrogen) atoms. The Hall–Kier alpha value is -2.40. The summed E-state index contributed by atoms with van der Waals surface area (Å²) in [6.45, 7) is 0. The Morgan fingerprint density at radius 2 is 2.08 bits per heavy atom. The van der Waals surface area contributed by atoms with Crippen LogP contribution in [0.4, 0.5) is 18.9 Å². The SMILES string of the molecule is COc1ccc2c(S(=O)(=O)Nc3cnn(C(F)(F)F)c3Cl)c[nH]c2c1. The molecule has 2 heterocycles. The second-order valence-corrected chi connectivity index (χ2v) is 6.91. The summed E-state index contributed by atoms with van der Waals surface area (Å²) < 4.78 is 69.6. The van der Waals surface area contributed by atoms with Gasteiger partial charge >= 0.3 is 6.30 Å². The Balaban J connectivity index is 2.00. The number of aromatic nitrogens is 3. The first-order chi connectivity index (χ1) is 11.6. The van der Waals surface area contributed by atoms with Gasteiger partial charge in [-0.15, -0.1) is 13.2 Å². The van der Waals surface area contributed by atoms with Crippen molar-refractivity contribution >= 4 is 38.2 Å². The molecule has 0 fully saturated rings. The highest BCUT2D eigenvalue weighted by Gasteiger charge is 2.35. The highest BCUT2D eigenvalue weighted by Crippen LogP contribution is 2.33. The molecule has 12 heteroatoms. The largest absolute Gasteiger partial charge is 0.505 e. The average Bonchev–Trinajstić information content (AvgIpc) is 3.10. The van der Waals surface area contributed by atoms with E-state index in [-0.39, 0.29) is 4.90 Å². The van der Waals surface area contributed by atoms with Crippen LogP contribution in [0.5, 0.6) is 5.75 Å². The first-order valence-electron chi connectivity index (χ1n) is 6.62. The molecule has 3 rings (SSSR count). The van der Waals surface area contributed by atoms with Gasteiger partial charge in [0.1, 0.15) is 16.3 Å². The Labute approximate surface area is 144 Å². The van der Waals surface area contributed by atoms with E-state index in [1.807, 2.05) is 4.72 Å². The van der Waals surface area contributed by atoms with Crippen LogP contribution in [-0.4, -0.2) is 30.3 Å². The Kier molecular flexibility index (Phi) is 4.07. The lowest BCUT2D eigenvalue weighted by Crippen LogP contribution is -2.18. The van der Waals surface area contributed by atoms with Gasteiger partial charge in [0.15, 0.2) is 5.15 Å². The molecule has 0 bridgehead atoms. The summed E-state index contributed by atoms with van der Waals surface area (Å²) in [5.74, 6) is 0.515. The number of hydrogen-bond donors (Lipinski definition) is 2. The molecule has 0 aliphatic carbocycles. The second-order valence-electron chi connectivity index (χ2n) is 4.90. The molecule has 0 spiro atoms. The molecule has 1 aromatic carbocycles. The number of sulfonamides is 1. The van der Waals surface area contributed by atoms with E-state index in [0.717, 1.165) is 0 Å². The van der Waals surface area contributed by atoms with E-state index >= 15 is 0 Å². The molecule has 0 aliphatic heterocycles. The first-order valence-corrected chi connectivity index (χ1v) is 8.48. The lowest BCUT2D eigenvalue weighted by Gasteiger charge is -2.08. The van der Waals surface area contributed by atoms with Gasteiger partial charge in [0.05, 0.1) is 18.8 Å². The maximum absolute atomic E-state index is 12.7. The third-order valence-electron chi connectivity index (χ3n) is 3.34. The molecule has 7 nitrogen and oxygen atoms in total. The lowest BCUT2D eigenvalue weighted by molar-refractivity contribution is -0.212. The van der Waals surface area contributed by atoms with Crippen molar-refractivity contribution in [2.24, 2.45) is 0 Å². The van der Waals surface area contributed by atoms with E-state index in [9.17, 15) is 21.6 Å². The van der Waals surface area contributed by atoms with Crippen molar-refractivity contribution in [3.63, 3.8) is 0 Å². The normalized spacial score (nSPS) is 12.5. The minimum Gasteiger partial charge on any atom is -0.497 e. The fourth-order valence-corrected chi connectivity index (χ4v) is 3.73. The summed E-state index contributed by atoms with van der Waals surface area (Å²) in [7, 11) is -2.74. The van der Waals surface area contributed by atoms with Crippen molar-refractivity contribution in [1.82, 2.24) is 14.8 Å². The summed E-state index contributed by atoms with van der Waals surface area (Å²) in [5, 5.41) is 2.50. The molecule has 0 unspecified atom stereocenters. The maximum atomic E-state index is 12.7. The molecule has 134 valence electrons. The molecular formula is C13H10ClF3N4O3S. The highest BCUT2D eigenvalue weighted by molar-refractivity contribution is 7.93. The van der Waals surface area contributed by atoms with Gasteiger partial charge in [-0.1, -0.05) is 11.6 Å². The Morgan fingerprint density at radius 3 is 2.68 bits per heavy atom. The zero-order chi connectivity index (χ0) is 18.4. The lowest BCUT2D eigenvalue weighted by atomic mass is 10.2. The van der Waals surface area contributed by atoms with Crippen LogP contribution in [0.3, 0.4) is 0 Å². The van der Waals surface area contributed by atoms with Crippen molar-refractivity contribution in [3.8, 4) is 5.75 Å². The van der Waals surface area contributed by atoms with E-state index in [1.165, 1.54) is 19.4 Å². The van der Waals surface area contributed by atoms with Crippen molar-refractivity contribution in [2.75, 3.05) is 11.8 Å². The summed E-state index contributed by atoms with van der Waals surface area (Å²) in [6.07, 6.45) is -2.96. The van der Waals surface area contributed by atoms with Gasteiger partial charge < -0.3 is 9.72 Å². The van der Waals surface area contributed by atoms with E-state index in [4.69, 9.17) is 16.3 Å². The van der Waals surface area contributed by atoms with Gasteiger partial charge in [0, 0.05) is 17.6 Å². The summed E-state index contributed by atoms with van der Waals surface area (Å²) in [4.78, 5) is 2.61. The van der Waals surface area contributed by atoms with Crippen LogP contribution in [0.15, 0.2) is 35.5 Å². The average molecular weight is 395 g/mol. The molecule has 0 aliphatic rings. The number of fused-ring (bicyclic) bond motifs is 1. The van der Waals surface area contributed by atoms with Gasteiger partial charge in [-0.25, -0.2) is 8.42 Å². The van der Waals surface area contributed by atoms with E-state index in [2.05, 4.69) is 10.1 Å². The summed E-state index contributed by atoms with van der Waals surface area (Å²) in [5.41, 5.74) is -0.00124. The zero-order valence-corrected chi connectivity index (χ0v) is 14.0. The number of aromatic amines is 1. The van der Waals surface area contributed by atoms with Gasteiger partial charge in [0.25, 0.3) is 10.0 Å². The third kappa shape index (κ3) is 3.12. The van der Waals surface area contributed by atoms with Crippen LogP contribution in [-0.2, 0) is 16.3 Å².